The normalized spacial score (nSPS) is 14.1. The van der Waals surface area contributed by atoms with E-state index in [9.17, 15) is 0 Å². The number of anilines is 1. The Morgan fingerprint density at radius 2 is 0.964 bits per heavy atom. The number of rotatable bonds is 4. The second kappa shape index (κ2) is 12.0. The lowest BCUT2D eigenvalue weighted by atomic mass is 9.92. The van der Waals surface area contributed by atoms with Gasteiger partial charge in [0.1, 0.15) is 0 Å². The summed E-state index contributed by atoms with van der Waals surface area (Å²) >= 11 is 0. The topological polar surface area (TPSA) is 34.2 Å². The summed E-state index contributed by atoms with van der Waals surface area (Å²) in [7, 11) is 0. The lowest BCUT2D eigenvalue weighted by Crippen LogP contribution is -2.25. The summed E-state index contributed by atoms with van der Waals surface area (Å²) in [4.78, 5) is 5.67. The Morgan fingerprint density at radius 3 is 1.75 bits per heavy atom. The Morgan fingerprint density at radius 1 is 0.393 bits per heavy atom. The van der Waals surface area contributed by atoms with Gasteiger partial charge in [0.05, 0.1) is 33.5 Å². The summed E-state index contributed by atoms with van der Waals surface area (Å²) in [5, 5.41) is 13.7. The highest BCUT2D eigenvalue weighted by Gasteiger charge is 2.28. The lowest BCUT2D eigenvalue weighted by Gasteiger charge is -2.29. The first kappa shape index (κ1) is 31.0. The number of hydrogen-bond acceptors (Lipinski definition) is 2. The fourth-order valence-corrected chi connectivity index (χ4v) is 9.19. The van der Waals surface area contributed by atoms with E-state index in [0.29, 0.717) is 0 Å². The average molecular weight is 715 g/mol. The van der Waals surface area contributed by atoms with E-state index in [2.05, 4.69) is 209 Å². The zero-order valence-electron chi connectivity index (χ0n) is 30.4. The molecule has 1 aliphatic rings. The third-order valence-electron chi connectivity index (χ3n) is 11.7. The molecule has 3 heterocycles. The van der Waals surface area contributed by atoms with Gasteiger partial charge in [-0.3, -0.25) is 0 Å². The molecule has 4 nitrogen and oxygen atoms in total. The first-order valence-corrected chi connectivity index (χ1v) is 19.2. The van der Waals surface area contributed by atoms with E-state index in [1.807, 2.05) is 0 Å². The van der Waals surface area contributed by atoms with Crippen LogP contribution >= 0.6 is 0 Å². The highest BCUT2D eigenvalue weighted by molar-refractivity contribution is 6.25. The lowest BCUT2D eigenvalue weighted by molar-refractivity contribution is 0.625. The van der Waals surface area contributed by atoms with Crippen LogP contribution in [0.15, 0.2) is 199 Å². The Balaban J connectivity index is 1.10. The van der Waals surface area contributed by atoms with Crippen LogP contribution in [0.25, 0.3) is 82.0 Å². The number of fused-ring (bicyclic) bond motifs is 10. The second-order valence-corrected chi connectivity index (χ2v) is 14.8. The van der Waals surface area contributed by atoms with Crippen LogP contribution in [0.1, 0.15) is 17.4 Å². The molecule has 2 aromatic heterocycles. The van der Waals surface area contributed by atoms with Crippen LogP contribution in [0, 0.1) is 0 Å². The van der Waals surface area contributed by atoms with Gasteiger partial charge in [0.2, 0.25) is 6.29 Å². The Kier molecular flexibility index (Phi) is 6.66. The zero-order valence-corrected chi connectivity index (χ0v) is 30.4. The molecule has 0 radical (unpaired) electrons. The molecule has 4 heteroatoms. The smallest absolute Gasteiger partial charge is 0.201 e. The molecule has 56 heavy (non-hydrogen) atoms. The molecule has 0 fully saturated rings. The van der Waals surface area contributed by atoms with Gasteiger partial charge in [-0.25, -0.2) is 4.99 Å². The molecule has 0 saturated heterocycles. The summed E-state index contributed by atoms with van der Waals surface area (Å²) in [5.41, 5.74) is 12.5. The largest absolute Gasteiger partial charge is 0.345 e. The highest BCUT2D eigenvalue weighted by atomic mass is 15.3. The maximum Gasteiger partial charge on any atom is 0.201 e. The molecule has 0 saturated carbocycles. The molecule has 9 aromatic carbocycles. The Labute approximate surface area is 323 Å². The second-order valence-electron chi connectivity index (χ2n) is 14.8. The van der Waals surface area contributed by atoms with Gasteiger partial charge < -0.3 is 14.5 Å². The molecular weight excluding hydrogens is 681 g/mol. The van der Waals surface area contributed by atoms with Crippen molar-refractivity contribution in [1.29, 1.82) is 0 Å². The summed E-state index contributed by atoms with van der Waals surface area (Å²) in [6.45, 7) is 0. The molecule has 0 aliphatic carbocycles. The number of para-hydroxylation sites is 3. The number of hydrogen-bond donors (Lipinski definition) is 1. The standard InChI is InChI=1S/C52H34N4/c1-2-16-37(17-3-1)55-46-23-10-8-20-40(46)42-28-26-35(31-48(42)55)36-27-29-43-41-21-9-11-24-47(41)56(49(43)32-36)52-53-50-39-19-7-5-14-34(39)25-30-45(50)51(54-52)44-22-12-15-33-13-4-6-18-38(33)44/h1-32,52-53H. The van der Waals surface area contributed by atoms with Crippen LogP contribution < -0.4 is 5.32 Å². The van der Waals surface area contributed by atoms with Crippen LogP contribution in [-0.2, 0) is 0 Å². The number of benzene rings is 9. The van der Waals surface area contributed by atoms with Crippen molar-refractivity contribution in [1.82, 2.24) is 9.13 Å². The van der Waals surface area contributed by atoms with Gasteiger partial charge in [-0.1, -0.05) is 158 Å². The molecule has 0 amide bonds. The van der Waals surface area contributed by atoms with Crippen LogP contribution in [0.5, 0.6) is 0 Å². The number of aliphatic imine (C=N–C) groups is 1. The van der Waals surface area contributed by atoms with Crippen molar-refractivity contribution in [2.45, 2.75) is 6.29 Å². The minimum Gasteiger partial charge on any atom is -0.345 e. The summed E-state index contributed by atoms with van der Waals surface area (Å²) in [6, 6.07) is 70.3. The van der Waals surface area contributed by atoms with Crippen molar-refractivity contribution >= 4 is 76.6 Å². The van der Waals surface area contributed by atoms with Crippen molar-refractivity contribution < 1.29 is 0 Å². The van der Waals surface area contributed by atoms with E-state index in [4.69, 9.17) is 4.99 Å². The predicted molar refractivity (Wildman–Crippen MR) is 235 cm³/mol. The van der Waals surface area contributed by atoms with Gasteiger partial charge in [-0.15, -0.1) is 0 Å². The van der Waals surface area contributed by atoms with E-state index in [1.54, 1.807) is 0 Å². The Hall–Kier alpha value is -7.43. The fourth-order valence-electron chi connectivity index (χ4n) is 9.19. The quantitative estimate of drug-likeness (QED) is 0.193. The van der Waals surface area contributed by atoms with Gasteiger partial charge in [0.15, 0.2) is 0 Å². The molecule has 0 bridgehead atoms. The van der Waals surface area contributed by atoms with Gasteiger partial charge in [0.25, 0.3) is 0 Å². The molecule has 262 valence electrons. The van der Waals surface area contributed by atoms with E-state index in [0.717, 1.165) is 44.8 Å². The number of aromatic nitrogens is 2. The van der Waals surface area contributed by atoms with Crippen molar-refractivity contribution in [3.63, 3.8) is 0 Å². The maximum absolute atomic E-state index is 5.67. The molecule has 0 spiro atoms. The Bertz CT molecular complexity index is 3400. The molecule has 1 aliphatic heterocycles. The van der Waals surface area contributed by atoms with Crippen molar-refractivity contribution in [3.8, 4) is 16.8 Å². The SMILES string of the molecule is c1ccc(-n2c3ccccc3c3ccc(-c4ccc5c6ccccc6n(C6N=C(c7cccc8ccccc78)c7ccc8ccccc8c7N6)c5c4)cc32)cc1. The predicted octanol–water partition coefficient (Wildman–Crippen LogP) is 13.3. The molecule has 11 aromatic rings. The molecular formula is C52H34N4. The minimum atomic E-state index is -0.400. The summed E-state index contributed by atoms with van der Waals surface area (Å²) in [6.07, 6.45) is -0.400. The molecule has 1 atom stereocenters. The van der Waals surface area contributed by atoms with Gasteiger partial charge in [-0.2, -0.15) is 0 Å². The van der Waals surface area contributed by atoms with Gasteiger partial charge in [-0.05, 0) is 63.7 Å². The maximum atomic E-state index is 5.67. The van der Waals surface area contributed by atoms with Gasteiger partial charge in [0, 0.05) is 43.7 Å². The van der Waals surface area contributed by atoms with Crippen molar-refractivity contribution in [2.75, 3.05) is 5.32 Å². The number of nitrogens with zero attached hydrogens (tertiary/aromatic N) is 3. The number of nitrogens with one attached hydrogen (secondary N) is 1. The van der Waals surface area contributed by atoms with E-state index in [1.165, 1.54) is 59.7 Å². The minimum absolute atomic E-state index is 0.400. The third-order valence-corrected chi connectivity index (χ3v) is 11.7. The molecule has 1 N–H and O–H groups in total. The highest BCUT2D eigenvalue weighted by Crippen LogP contribution is 2.42. The van der Waals surface area contributed by atoms with Crippen LogP contribution in [-0.4, -0.2) is 14.8 Å². The van der Waals surface area contributed by atoms with Gasteiger partial charge >= 0.3 is 0 Å². The van der Waals surface area contributed by atoms with Crippen LogP contribution in [0.2, 0.25) is 0 Å². The van der Waals surface area contributed by atoms with Crippen LogP contribution in [0.4, 0.5) is 5.69 Å². The average Bonchev–Trinajstić information content (AvgIpc) is 3.78. The van der Waals surface area contributed by atoms with Crippen molar-refractivity contribution in [3.05, 3.63) is 205 Å². The van der Waals surface area contributed by atoms with Crippen LogP contribution in [0.3, 0.4) is 0 Å². The monoisotopic (exact) mass is 714 g/mol. The first-order valence-electron chi connectivity index (χ1n) is 19.2. The summed E-state index contributed by atoms with van der Waals surface area (Å²) in [5.74, 6) is 0. The fraction of sp³-hybridized carbons (Fsp3) is 0.0192. The molecule has 1 unspecified atom stereocenters. The first-order chi connectivity index (χ1) is 27.8. The van der Waals surface area contributed by atoms with E-state index < -0.39 is 6.29 Å². The molecule has 12 rings (SSSR count). The van der Waals surface area contributed by atoms with Crippen molar-refractivity contribution in [2.24, 2.45) is 4.99 Å². The zero-order chi connectivity index (χ0) is 36.7. The van der Waals surface area contributed by atoms with E-state index in [-0.39, 0.29) is 0 Å². The van der Waals surface area contributed by atoms with E-state index >= 15 is 0 Å². The summed E-state index contributed by atoms with van der Waals surface area (Å²) < 4.78 is 4.80. The third kappa shape index (κ3) is 4.56.